The number of urea groups is 1. The van der Waals surface area contributed by atoms with Crippen molar-refractivity contribution in [3.8, 4) is 11.5 Å². The lowest BCUT2D eigenvalue weighted by Gasteiger charge is -2.35. The number of carbonyl (C=O) groups excluding carboxylic acids is 4. The van der Waals surface area contributed by atoms with Crippen molar-refractivity contribution in [2.45, 2.75) is 38.6 Å². The van der Waals surface area contributed by atoms with E-state index in [1.54, 1.807) is 36.4 Å². The maximum Gasteiger partial charge on any atom is 0.343 e. The van der Waals surface area contributed by atoms with Gasteiger partial charge in [0.2, 0.25) is 0 Å². The van der Waals surface area contributed by atoms with E-state index < -0.39 is 23.8 Å². The van der Waals surface area contributed by atoms with Gasteiger partial charge in [0, 0.05) is 6.04 Å². The van der Waals surface area contributed by atoms with Crippen LogP contribution in [0.3, 0.4) is 0 Å². The zero-order chi connectivity index (χ0) is 24.7. The SMILES string of the molecule is COc1cc(C=C2C(=O)NC(=O)N(C3CC4CCC3C4)C2=O)ccc1OC(=O)c1cccc(C)c1. The maximum absolute atomic E-state index is 13.2. The topological polar surface area (TPSA) is 102 Å². The van der Waals surface area contributed by atoms with Crippen LogP contribution < -0.4 is 14.8 Å². The monoisotopic (exact) mass is 474 g/mol. The van der Waals surface area contributed by atoms with Crippen LogP contribution in [0.25, 0.3) is 6.08 Å². The average Bonchev–Trinajstić information content (AvgIpc) is 3.46. The van der Waals surface area contributed by atoms with E-state index in [0.717, 1.165) is 31.2 Å². The minimum absolute atomic E-state index is 0.112. The second-order valence-corrected chi connectivity index (χ2v) is 9.40. The number of benzene rings is 2. The number of methoxy groups -OCH3 is 1. The Bertz CT molecular complexity index is 1270. The summed E-state index contributed by atoms with van der Waals surface area (Å²) in [6.07, 6.45) is 5.38. The molecule has 3 atom stereocenters. The summed E-state index contributed by atoms with van der Waals surface area (Å²) < 4.78 is 10.9. The van der Waals surface area contributed by atoms with Crippen LogP contribution in [0.15, 0.2) is 48.0 Å². The molecular weight excluding hydrogens is 448 g/mol. The molecule has 5 rings (SSSR count). The molecule has 8 heteroatoms. The van der Waals surface area contributed by atoms with Crippen molar-refractivity contribution in [2.75, 3.05) is 7.11 Å². The molecule has 4 amide bonds. The first-order valence-electron chi connectivity index (χ1n) is 11.7. The summed E-state index contributed by atoms with van der Waals surface area (Å²) in [7, 11) is 1.43. The number of fused-ring (bicyclic) bond motifs is 2. The first kappa shape index (κ1) is 22.8. The lowest BCUT2D eigenvalue weighted by atomic mass is 9.93. The van der Waals surface area contributed by atoms with Gasteiger partial charge >= 0.3 is 12.0 Å². The number of ether oxygens (including phenoxy) is 2. The molecule has 3 unspecified atom stereocenters. The number of hydrogen-bond acceptors (Lipinski definition) is 6. The zero-order valence-electron chi connectivity index (χ0n) is 19.6. The van der Waals surface area contributed by atoms with Crippen molar-refractivity contribution in [2.24, 2.45) is 11.8 Å². The molecule has 1 N–H and O–H groups in total. The molecule has 8 nitrogen and oxygen atoms in total. The Kier molecular flexibility index (Phi) is 5.88. The van der Waals surface area contributed by atoms with E-state index in [1.165, 1.54) is 18.1 Å². The van der Waals surface area contributed by atoms with Crippen molar-refractivity contribution in [1.29, 1.82) is 0 Å². The first-order valence-corrected chi connectivity index (χ1v) is 11.7. The molecule has 2 bridgehead atoms. The summed E-state index contributed by atoms with van der Waals surface area (Å²) in [5, 5.41) is 2.31. The third-order valence-corrected chi connectivity index (χ3v) is 7.12. The van der Waals surface area contributed by atoms with Gasteiger partial charge in [-0.1, -0.05) is 30.2 Å². The Morgan fingerprint density at radius 1 is 1.06 bits per heavy atom. The molecule has 1 aliphatic heterocycles. The molecular formula is C27H26N2O6. The summed E-state index contributed by atoms with van der Waals surface area (Å²) in [5.74, 6) is -0.524. The molecule has 35 heavy (non-hydrogen) atoms. The minimum Gasteiger partial charge on any atom is -0.493 e. The second kappa shape index (κ2) is 9.02. The van der Waals surface area contributed by atoms with Gasteiger partial charge in [0.1, 0.15) is 5.57 Å². The van der Waals surface area contributed by atoms with Crippen molar-refractivity contribution in [3.63, 3.8) is 0 Å². The van der Waals surface area contributed by atoms with Crippen molar-refractivity contribution in [1.82, 2.24) is 10.2 Å². The van der Waals surface area contributed by atoms with Crippen molar-refractivity contribution < 1.29 is 28.7 Å². The van der Waals surface area contributed by atoms with Gasteiger partial charge in [0.05, 0.1) is 12.7 Å². The summed E-state index contributed by atoms with van der Waals surface area (Å²) in [4.78, 5) is 52.1. The number of barbiturate groups is 1. The normalized spacial score (nSPS) is 24.6. The maximum atomic E-state index is 13.2. The first-order chi connectivity index (χ1) is 16.8. The van der Waals surface area contributed by atoms with Crippen LogP contribution in [0.5, 0.6) is 11.5 Å². The molecule has 1 saturated heterocycles. The highest BCUT2D eigenvalue weighted by Gasteiger charge is 2.49. The Morgan fingerprint density at radius 2 is 1.89 bits per heavy atom. The molecule has 0 radical (unpaired) electrons. The van der Waals surface area contributed by atoms with Crippen molar-refractivity contribution in [3.05, 3.63) is 64.7 Å². The number of carbonyl (C=O) groups is 4. The van der Waals surface area contributed by atoms with Gasteiger partial charge in [0.25, 0.3) is 11.8 Å². The molecule has 2 aromatic carbocycles. The third-order valence-electron chi connectivity index (χ3n) is 7.12. The van der Waals surface area contributed by atoms with E-state index in [-0.39, 0.29) is 23.1 Å². The van der Waals surface area contributed by atoms with Gasteiger partial charge in [-0.3, -0.25) is 19.8 Å². The van der Waals surface area contributed by atoms with E-state index in [9.17, 15) is 19.2 Å². The van der Waals surface area contributed by atoms with Gasteiger partial charge in [-0.25, -0.2) is 9.59 Å². The number of esters is 1. The third kappa shape index (κ3) is 4.32. The van der Waals surface area contributed by atoms with Crippen LogP contribution in [0.2, 0.25) is 0 Å². The summed E-state index contributed by atoms with van der Waals surface area (Å²) in [5.41, 5.74) is 1.73. The van der Waals surface area contributed by atoms with Crippen molar-refractivity contribution >= 4 is 29.9 Å². The molecule has 2 aromatic rings. The molecule has 2 saturated carbocycles. The average molecular weight is 475 g/mol. The van der Waals surface area contributed by atoms with Gasteiger partial charge < -0.3 is 9.47 Å². The number of nitrogens with one attached hydrogen (secondary N) is 1. The molecule has 0 spiro atoms. The highest BCUT2D eigenvalue weighted by atomic mass is 16.6. The number of aryl methyl sites for hydroxylation is 1. The van der Waals surface area contributed by atoms with E-state index in [0.29, 0.717) is 23.0 Å². The number of nitrogens with zero attached hydrogens (tertiary/aromatic N) is 1. The predicted octanol–water partition coefficient (Wildman–Crippen LogP) is 3.87. The lowest BCUT2D eigenvalue weighted by Crippen LogP contribution is -2.58. The quantitative estimate of drug-likeness (QED) is 0.306. The largest absolute Gasteiger partial charge is 0.493 e. The molecule has 3 aliphatic rings. The van der Waals surface area contributed by atoms with Crippen LogP contribution in [-0.2, 0) is 9.59 Å². The second-order valence-electron chi connectivity index (χ2n) is 9.40. The standard InChI is InChI=1S/C27H26N2O6/c1-15-4-3-5-19(10-15)26(32)35-22-9-7-17(14-23(22)34-2)12-20-24(30)28-27(33)29(25(20)31)21-13-16-6-8-18(21)11-16/h3-5,7,9-10,12,14,16,18,21H,6,8,11,13H2,1-2H3,(H,28,30,33). The summed E-state index contributed by atoms with van der Waals surface area (Å²) >= 11 is 0. The number of imide groups is 2. The smallest absolute Gasteiger partial charge is 0.343 e. The van der Waals surface area contributed by atoms with Gasteiger partial charge in [-0.05, 0) is 73.9 Å². The Labute approximate surface area is 202 Å². The number of amides is 4. The molecule has 1 heterocycles. The summed E-state index contributed by atoms with van der Waals surface area (Å²) in [6.45, 7) is 1.88. The van der Waals surface area contributed by atoms with E-state index >= 15 is 0 Å². The molecule has 2 aliphatic carbocycles. The number of rotatable bonds is 5. The Hall–Kier alpha value is -3.94. The summed E-state index contributed by atoms with van der Waals surface area (Å²) in [6, 6.07) is 11.0. The Balaban J connectivity index is 1.39. The van der Waals surface area contributed by atoms with E-state index in [2.05, 4.69) is 5.32 Å². The fraction of sp³-hybridized carbons (Fsp3) is 0.333. The van der Waals surface area contributed by atoms with Gasteiger partial charge in [-0.15, -0.1) is 0 Å². The van der Waals surface area contributed by atoms with Crippen LogP contribution in [0, 0.1) is 18.8 Å². The highest BCUT2D eigenvalue weighted by Crippen LogP contribution is 2.47. The molecule has 3 fully saturated rings. The highest BCUT2D eigenvalue weighted by molar-refractivity contribution is 6.31. The van der Waals surface area contributed by atoms with Crippen LogP contribution in [-0.4, -0.2) is 41.9 Å². The van der Waals surface area contributed by atoms with E-state index in [4.69, 9.17) is 9.47 Å². The van der Waals surface area contributed by atoms with Crippen LogP contribution in [0.1, 0.15) is 47.2 Å². The molecule has 0 aromatic heterocycles. The van der Waals surface area contributed by atoms with Crippen LogP contribution in [0.4, 0.5) is 4.79 Å². The van der Waals surface area contributed by atoms with E-state index in [1.807, 2.05) is 13.0 Å². The van der Waals surface area contributed by atoms with Gasteiger partial charge in [0.15, 0.2) is 11.5 Å². The Morgan fingerprint density at radius 3 is 2.57 bits per heavy atom. The zero-order valence-corrected chi connectivity index (χ0v) is 19.6. The van der Waals surface area contributed by atoms with Gasteiger partial charge in [-0.2, -0.15) is 0 Å². The molecule has 180 valence electrons. The van der Waals surface area contributed by atoms with Crippen LogP contribution >= 0.6 is 0 Å². The predicted molar refractivity (Wildman–Crippen MR) is 127 cm³/mol. The lowest BCUT2D eigenvalue weighted by molar-refractivity contribution is -0.132. The number of hydrogen-bond donors (Lipinski definition) is 1. The minimum atomic E-state index is -0.728. The fourth-order valence-corrected chi connectivity index (χ4v) is 5.46. The fourth-order valence-electron chi connectivity index (χ4n) is 5.46.